The highest BCUT2D eigenvalue weighted by Crippen LogP contribution is 2.24. The number of benzene rings is 1. The lowest BCUT2D eigenvalue weighted by atomic mass is 9.78. The molecule has 0 fully saturated rings. The highest BCUT2D eigenvalue weighted by atomic mass is 16.6. The summed E-state index contributed by atoms with van der Waals surface area (Å²) in [5.41, 5.74) is 8.91. The van der Waals surface area contributed by atoms with Crippen molar-refractivity contribution >= 4 is 18.4 Å². The molecule has 0 atom stereocenters. The molecule has 0 aliphatic carbocycles. The second-order valence-corrected chi connectivity index (χ2v) is 4.94. The molecule has 1 aromatic heterocycles. The van der Waals surface area contributed by atoms with Gasteiger partial charge in [0.2, 0.25) is 0 Å². The maximum atomic E-state index is 5.98. The van der Waals surface area contributed by atoms with Gasteiger partial charge in [0.25, 0.3) is 0 Å². The third-order valence-corrected chi connectivity index (χ3v) is 3.09. The van der Waals surface area contributed by atoms with Crippen molar-refractivity contribution in [3.05, 3.63) is 30.5 Å². The molecule has 2 aromatic rings. The number of nitrogens with two attached hydrogens (primary N) is 1. The van der Waals surface area contributed by atoms with Gasteiger partial charge in [-0.1, -0.05) is 24.3 Å². The Kier molecular flexibility index (Phi) is 4.47. The number of aromatic nitrogens is 2. The Labute approximate surface area is 119 Å². The lowest BCUT2D eigenvalue weighted by Gasteiger charge is -2.15. The molecule has 0 bridgehead atoms. The lowest BCUT2D eigenvalue weighted by Crippen LogP contribution is -2.37. The van der Waals surface area contributed by atoms with E-state index in [1.807, 2.05) is 45.2 Å². The summed E-state index contributed by atoms with van der Waals surface area (Å²) in [6, 6.07) is 7.97. The minimum atomic E-state index is -0.352. The zero-order valence-corrected chi connectivity index (χ0v) is 12.3. The molecule has 2 rings (SSSR count). The molecule has 2 N–H and O–H groups in total. The summed E-state index contributed by atoms with van der Waals surface area (Å²) in [5.74, 6) is 0.652. The van der Waals surface area contributed by atoms with Crippen LogP contribution in [0.2, 0.25) is 0 Å². The van der Waals surface area contributed by atoms with Gasteiger partial charge in [-0.25, -0.2) is 0 Å². The Bertz CT molecular complexity index is 566. The standard InChI is InChI=1S/C14H20BN3O2/c1-10(2)20-15(19-4)12-7-5-11(6-8-12)13-9-17-18(3)14(13)16/h5-10H,16H2,1-4H3. The fourth-order valence-corrected chi connectivity index (χ4v) is 2.01. The normalized spacial score (nSPS) is 11.1. The van der Waals surface area contributed by atoms with E-state index >= 15 is 0 Å². The number of nitrogen functional groups attached to an aromatic ring is 1. The van der Waals surface area contributed by atoms with Crippen LogP contribution >= 0.6 is 0 Å². The molecule has 0 spiro atoms. The van der Waals surface area contributed by atoms with Gasteiger partial charge in [0, 0.05) is 25.8 Å². The molecule has 0 unspecified atom stereocenters. The van der Waals surface area contributed by atoms with Crippen LogP contribution in [0.15, 0.2) is 30.5 Å². The van der Waals surface area contributed by atoms with Crippen molar-refractivity contribution in [2.75, 3.05) is 12.8 Å². The smallest absolute Gasteiger partial charge is 0.410 e. The molecule has 6 heteroatoms. The fraction of sp³-hybridized carbons (Fsp3) is 0.357. The molecule has 0 aliphatic rings. The Balaban J connectivity index is 2.23. The highest BCUT2D eigenvalue weighted by Gasteiger charge is 2.21. The molecule has 5 nitrogen and oxygen atoms in total. The summed E-state index contributed by atoms with van der Waals surface area (Å²) in [5, 5.41) is 4.15. The zero-order valence-electron chi connectivity index (χ0n) is 12.3. The second-order valence-electron chi connectivity index (χ2n) is 4.94. The zero-order chi connectivity index (χ0) is 14.7. The van der Waals surface area contributed by atoms with E-state index in [0.29, 0.717) is 5.82 Å². The fourth-order valence-electron chi connectivity index (χ4n) is 2.01. The summed E-state index contributed by atoms with van der Waals surface area (Å²) in [4.78, 5) is 0. The molecule has 20 heavy (non-hydrogen) atoms. The van der Waals surface area contributed by atoms with E-state index in [-0.39, 0.29) is 13.2 Å². The monoisotopic (exact) mass is 273 g/mol. The first-order chi connectivity index (χ1) is 9.52. The molecular weight excluding hydrogens is 253 g/mol. The van der Waals surface area contributed by atoms with Crippen LogP contribution in [0.4, 0.5) is 5.82 Å². The van der Waals surface area contributed by atoms with Crippen LogP contribution in [0.3, 0.4) is 0 Å². The predicted molar refractivity (Wildman–Crippen MR) is 81.7 cm³/mol. The average Bonchev–Trinajstić information content (AvgIpc) is 2.76. The predicted octanol–water partition coefficient (Wildman–Crippen LogP) is 1.44. The van der Waals surface area contributed by atoms with Crippen molar-refractivity contribution in [1.82, 2.24) is 9.78 Å². The highest BCUT2D eigenvalue weighted by molar-refractivity contribution is 6.61. The summed E-state index contributed by atoms with van der Waals surface area (Å²) >= 11 is 0. The van der Waals surface area contributed by atoms with E-state index in [4.69, 9.17) is 15.0 Å². The first-order valence-corrected chi connectivity index (χ1v) is 6.59. The first kappa shape index (κ1) is 14.6. The number of anilines is 1. The summed E-state index contributed by atoms with van der Waals surface area (Å²) in [7, 11) is 3.11. The molecule has 0 amide bonds. The van der Waals surface area contributed by atoms with E-state index in [1.165, 1.54) is 0 Å². The molecular formula is C14H20BN3O2. The van der Waals surface area contributed by atoms with Crippen molar-refractivity contribution in [2.24, 2.45) is 7.05 Å². The number of aryl methyl sites for hydroxylation is 1. The largest absolute Gasteiger partial charge is 0.493 e. The van der Waals surface area contributed by atoms with Crippen molar-refractivity contribution in [2.45, 2.75) is 20.0 Å². The van der Waals surface area contributed by atoms with Crippen LogP contribution in [0.5, 0.6) is 0 Å². The molecule has 1 heterocycles. The van der Waals surface area contributed by atoms with Crippen LogP contribution in [0.1, 0.15) is 13.8 Å². The van der Waals surface area contributed by atoms with Crippen LogP contribution in [0.25, 0.3) is 11.1 Å². The number of rotatable bonds is 5. The Hall–Kier alpha value is -1.79. The van der Waals surface area contributed by atoms with E-state index in [2.05, 4.69) is 5.10 Å². The van der Waals surface area contributed by atoms with Crippen LogP contribution in [0, 0.1) is 0 Å². The van der Waals surface area contributed by atoms with Gasteiger partial charge in [0.15, 0.2) is 0 Å². The lowest BCUT2D eigenvalue weighted by molar-refractivity contribution is 0.188. The maximum absolute atomic E-state index is 5.98. The maximum Gasteiger partial charge on any atom is 0.493 e. The first-order valence-electron chi connectivity index (χ1n) is 6.59. The second kappa shape index (κ2) is 6.11. The van der Waals surface area contributed by atoms with E-state index in [9.17, 15) is 0 Å². The molecule has 0 aliphatic heterocycles. The Morgan fingerprint density at radius 1 is 1.25 bits per heavy atom. The molecule has 0 saturated carbocycles. The molecule has 0 radical (unpaired) electrons. The SMILES string of the molecule is COB(OC(C)C)c1ccc(-c2cnn(C)c2N)cc1. The van der Waals surface area contributed by atoms with E-state index in [0.717, 1.165) is 16.6 Å². The van der Waals surface area contributed by atoms with Gasteiger partial charge in [0.1, 0.15) is 5.82 Å². The minimum absolute atomic E-state index is 0.105. The van der Waals surface area contributed by atoms with Crippen molar-refractivity contribution in [1.29, 1.82) is 0 Å². The van der Waals surface area contributed by atoms with Crippen LogP contribution in [-0.2, 0) is 16.4 Å². The molecule has 1 aromatic carbocycles. The van der Waals surface area contributed by atoms with Gasteiger partial charge in [-0.15, -0.1) is 0 Å². The van der Waals surface area contributed by atoms with Crippen LogP contribution < -0.4 is 11.2 Å². The van der Waals surface area contributed by atoms with E-state index in [1.54, 1.807) is 18.0 Å². The average molecular weight is 273 g/mol. The third-order valence-electron chi connectivity index (χ3n) is 3.09. The topological polar surface area (TPSA) is 62.3 Å². The Morgan fingerprint density at radius 3 is 2.35 bits per heavy atom. The van der Waals surface area contributed by atoms with Crippen molar-refractivity contribution < 1.29 is 9.31 Å². The molecule has 0 saturated heterocycles. The van der Waals surface area contributed by atoms with E-state index < -0.39 is 0 Å². The number of nitrogens with zero attached hydrogens (tertiary/aromatic N) is 2. The van der Waals surface area contributed by atoms with Gasteiger partial charge < -0.3 is 15.0 Å². The van der Waals surface area contributed by atoms with Crippen LogP contribution in [-0.4, -0.2) is 30.1 Å². The third kappa shape index (κ3) is 3.03. The summed E-state index contributed by atoms with van der Waals surface area (Å²) in [6.07, 6.45) is 1.87. The van der Waals surface area contributed by atoms with Gasteiger partial charge in [0.05, 0.1) is 6.20 Å². The van der Waals surface area contributed by atoms with Gasteiger partial charge in [-0.3, -0.25) is 4.68 Å². The summed E-state index contributed by atoms with van der Waals surface area (Å²) in [6.45, 7) is 3.97. The van der Waals surface area contributed by atoms with Gasteiger partial charge in [-0.05, 0) is 24.9 Å². The number of hydrogen-bond acceptors (Lipinski definition) is 4. The van der Waals surface area contributed by atoms with Gasteiger partial charge >= 0.3 is 7.12 Å². The van der Waals surface area contributed by atoms with Gasteiger partial charge in [-0.2, -0.15) is 5.10 Å². The summed E-state index contributed by atoms with van der Waals surface area (Å²) < 4.78 is 12.7. The molecule has 106 valence electrons. The Morgan fingerprint density at radius 2 is 1.90 bits per heavy atom. The van der Waals surface area contributed by atoms with Crippen molar-refractivity contribution in [3.8, 4) is 11.1 Å². The minimum Gasteiger partial charge on any atom is -0.410 e. The quantitative estimate of drug-likeness (QED) is 0.837. The number of hydrogen-bond donors (Lipinski definition) is 1. The van der Waals surface area contributed by atoms with Crippen molar-refractivity contribution in [3.63, 3.8) is 0 Å².